The van der Waals surface area contributed by atoms with E-state index in [-0.39, 0.29) is 0 Å². The van der Waals surface area contributed by atoms with Crippen molar-refractivity contribution in [2.75, 3.05) is 13.1 Å². The fourth-order valence-corrected chi connectivity index (χ4v) is 5.92. The summed E-state index contributed by atoms with van der Waals surface area (Å²) in [6, 6.07) is 5.00. The third-order valence-corrected chi connectivity index (χ3v) is 6.62. The number of rotatable bonds is 4. The Hall–Kier alpha value is -0.120. The molecule has 4 rings (SSSR count). The number of piperazine rings is 1. The summed E-state index contributed by atoms with van der Waals surface area (Å²) in [5.74, 6) is 0.971. The zero-order valence-corrected chi connectivity index (χ0v) is 13.4. The van der Waals surface area contributed by atoms with E-state index in [1.165, 1.54) is 45.2 Å². The van der Waals surface area contributed by atoms with E-state index in [0.29, 0.717) is 0 Å². The molecule has 0 aromatic carbocycles. The number of fused-ring (bicyclic) bond motifs is 4. The molecule has 1 N–H and O–H groups in total. The van der Waals surface area contributed by atoms with Crippen LogP contribution < -0.4 is 5.32 Å². The number of nitrogens with one attached hydrogen (secondary N) is 1. The molecule has 114 valence electrons. The summed E-state index contributed by atoms with van der Waals surface area (Å²) in [5.41, 5.74) is 0. The molecule has 4 saturated heterocycles. The Morgan fingerprint density at radius 2 is 1.95 bits per heavy atom. The van der Waals surface area contributed by atoms with Crippen LogP contribution in [0.1, 0.15) is 52.9 Å². The van der Waals surface area contributed by atoms with Gasteiger partial charge in [-0.2, -0.15) is 0 Å². The highest BCUT2D eigenvalue weighted by Gasteiger charge is 2.48. The third-order valence-electron chi connectivity index (χ3n) is 6.62. The van der Waals surface area contributed by atoms with Crippen LogP contribution in [0.15, 0.2) is 0 Å². The lowest BCUT2D eigenvalue weighted by molar-refractivity contribution is 0.131. The van der Waals surface area contributed by atoms with Crippen molar-refractivity contribution >= 4 is 0 Å². The number of hydrogen-bond acceptors (Lipinski definition) is 3. The molecule has 0 amide bonds. The van der Waals surface area contributed by atoms with Gasteiger partial charge in [-0.15, -0.1) is 0 Å². The van der Waals surface area contributed by atoms with Gasteiger partial charge in [0.15, 0.2) is 0 Å². The van der Waals surface area contributed by atoms with Crippen molar-refractivity contribution in [3.8, 4) is 0 Å². The molecule has 4 fully saturated rings. The Balaban J connectivity index is 1.38. The van der Waals surface area contributed by atoms with Gasteiger partial charge in [0, 0.05) is 49.3 Å². The third kappa shape index (κ3) is 2.05. The molecular formula is C17H31N3. The first-order valence-electron chi connectivity index (χ1n) is 8.90. The lowest BCUT2D eigenvalue weighted by Gasteiger charge is -2.36. The normalized spacial score (nSPS) is 45.9. The predicted molar refractivity (Wildman–Crippen MR) is 82.9 cm³/mol. The van der Waals surface area contributed by atoms with E-state index in [9.17, 15) is 0 Å². The van der Waals surface area contributed by atoms with Crippen LogP contribution in [0.3, 0.4) is 0 Å². The second-order valence-corrected chi connectivity index (χ2v) is 8.11. The molecule has 0 radical (unpaired) electrons. The molecule has 4 aliphatic rings. The Morgan fingerprint density at radius 1 is 1.10 bits per heavy atom. The maximum absolute atomic E-state index is 3.63. The summed E-state index contributed by atoms with van der Waals surface area (Å²) >= 11 is 0. The quantitative estimate of drug-likeness (QED) is 0.849. The Kier molecular flexibility index (Phi) is 3.36. The molecule has 6 atom stereocenters. The average Bonchev–Trinajstić information content (AvgIpc) is 3.17. The molecule has 0 spiro atoms. The zero-order valence-electron chi connectivity index (χ0n) is 13.4. The van der Waals surface area contributed by atoms with Crippen molar-refractivity contribution < 1.29 is 0 Å². The van der Waals surface area contributed by atoms with Crippen molar-refractivity contribution in [1.82, 2.24) is 15.1 Å². The van der Waals surface area contributed by atoms with Crippen molar-refractivity contribution in [3.05, 3.63) is 0 Å². The van der Waals surface area contributed by atoms with Crippen molar-refractivity contribution in [3.63, 3.8) is 0 Å². The molecule has 3 nitrogen and oxygen atoms in total. The van der Waals surface area contributed by atoms with Gasteiger partial charge < -0.3 is 5.32 Å². The van der Waals surface area contributed by atoms with Gasteiger partial charge in [0.1, 0.15) is 0 Å². The maximum atomic E-state index is 3.63. The number of hydrogen-bond donors (Lipinski definition) is 1. The van der Waals surface area contributed by atoms with Gasteiger partial charge in [-0.05, 0) is 58.8 Å². The van der Waals surface area contributed by atoms with E-state index < -0.39 is 0 Å². The van der Waals surface area contributed by atoms with Crippen LogP contribution in [0.5, 0.6) is 0 Å². The van der Waals surface area contributed by atoms with E-state index in [4.69, 9.17) is 0 Å². The second kappa shape index (κ2) is 4.96. The topological polar surface area (TPSA) is 18.5 Å². The van der Waals surface area contributed by atoms with Gasteiger partial charge in [0.05, 0.1) is 0 Å². The molecule has 0 aliphatic carbocycles. The highest BCUT2D eigenvalue weighted by molar-refractivity contribution is 5.04. The largest absolute Gasteiger partial charge is 0.311 e. The monoisotopic (exact) mass is 277 g/mol. The molecule has 4 heterocycles. The van der Waals surface area contributed by atoms with Crippen LogP contribution in [0.4, 0.5) is 0 Å². The molecule has 4 aliphatic heterocycles. The van der Waals surface area contributed by atoms with Crippen LogP contribution in [0, 0.1) is 5.92 Å². The first-order valence-corrected chi connectivity index (χ1v) is 8.90. The molecule has 0 saturated carbocycles. The zero-order chi connectivity index (χ0) is 13.9. The van der Waals surface area contributed by atoms with Crippen LogP contribution in [-0.4, -0.2) is 59.1 Å². The van der Waals surface area contributed by atoms with Gasteiger partial charge in [-0.1, -0.05) is 0 Å². The SMILES string of the molecule is CC(CC1CC2CCC1N2C(C)C)N1CC2CC1CN2. The highest BCUT2D eigenvalue weighted by atomic mass is 15.3. The van der Waals surface area contributed by atoms with Gasteiger partial charge in [0.25, 0.3) is 0 Å². The standard InChI is InChI=1S/C17H31N3/c1-11(2)20-15-4-5-17(20)13(7-15)6-12(3)19-10-14-8-16(19)9-18-14/h11-18H,4-10H2,1-3H3. The summed E-state index contributed by atoms with van der Waals surface area (Å²) in [6.45, 7) is 9.82. The molecule has 4 bridgehead atoms. The highest BCUT2D eigenvalue weighted by Crippen LogP contribution is 2.45. The fourth-order valence-electron chi connectivity index (χ4n) is 5.92. The Bertz CT molecular complexity index is 369. The summed E-state index contributed by atoms with van der Waals surface area (Å²) in [5, 5.41) is 3.63. The van der Waals surface area contributed by atoms with Crippen molar-refractivity contribution in [1.29, 1.82) is 0 Å². The van der Waals surface area contributed by atoms with Crippen LogP contribution in [0.25, 0.3) is 0 Å². The minimum atomic E-state index is 0.750. The molecule has 0 aromatic rings. The molecule has 20 heavy (non-hydrogen) atoms. The van der Waals surface area contributed by atoms with Crippen molar-refractivity contribution in [2.24, 2.45) is 5.92 Å². The van der Waals surface area contributed by atoms with Gasteiger partial charge >= 0.3 is 0 Å². The van der Waals surface area contributed by atoms with E-state index in [2.05, 4.69) is 35.9 Å². The van der Waals surface area contributed by atoms with Crippen molar-refractivity contribution in [2.45, 2.75) is 89.1 Å². The van der Waals surface area contributed by atoms with Crippen LogP contribution >= 0.6 is 0 Å². The predicted octanol–water partition coefficient (Wildman–Crippen LogP) is 2.07. The van der Waals surface area contributed by atoms with Gasteiger partial charge in [0.2, 0.25) is 0 Å². The lowest BCUT2D eigenvalue weighted by atomic mass is 9.84. The summed E-state index contributed by atoms with van der Waals surface area (Å²) in [4.78, 5) is 5.65. The van der Waals surface area contributed by atoms with Crippen LogP contribution in [0.2, 0.25) is 0 Å². The lowest BCUT2D eigenvalue weighted by Crippen LogP contribution is -2.48. The molecule has 3 heteroatoms. The minimum absolute atomic E-state index is 0.750. The first kappa shape index (κ1) is 13.5. The van der Waals surface area contributed by atoms with Gasteiger partial charge in [-0.3, -0.25) is 9.80 Å². The summed E-state index contributed by atoms with van der Waals surface area (Å²) in [6.07, 6.45) is 7.25. The number of likely N-dealkylation sites (tertiary alicyclic amines) is 1. The first-order chi connectivity index (χ1) is 9.63. The fraction of sp³-hybridized carbons (Fsp3) is 1.00. The smallest absolute Gasteiger partial charge is 0.0239 e. The van der Waals surface area contributed by atoms with Gasteiger partial charge in [-0.25, -0.2) is 0 Å². The Morgan fingerprint density at radius 3 is 2.55 bits per heavy atom. The van der Waals surface area contributed by atoms with E-state index in [1.54, 1.807) is 0 Å². The maximum Gasteiger partial charge on any atom is 0.0239 e. The van der Waals surface area contributed by atoms with E-state index in [1.807, 2.05) is 0 Å². The molecule has 0 aromatic heterocycles. The van der Waals surface area contributed by atoms with E-state index >= 15 is 0 Å². The van der Waals surface area contributed by atoms with Crippen LogP contribution in [-0.2, 0) is 0 Å². The second-order valence-electron chi connectivity index (χ2n) is 8.11. The summed E-state index contributed by atoms with van der Waals surface area (Å²) in [7, 11) is 0. The Labute approximate surface area is 124 Å². The van der Waals surface area contributed by atoms with E-state index in [0.717, 1.165) is 42.2 Å². The number of nitrogens with zero attached hydrogens (tertiary/aromatic N) is 2. The summed E-state index contributed by atoms with van der Waals surface area (Å²) < 4.78 is 0. The average molecular weight is 277 g/mol. The molecule has 6 unspecified atom stereocenters. The molecular weight excluding hydrogens is 246 g/mol. The minimum Gasteiger partial charge on any atom is -0.311 e.